The predicted molar refractivity (Wildman–Crippen MR) is 74.5 cm³/mol. The second-order valence-electron chi connectivity index (χ2n) is 4.28. The average Bonchev–Trinajstić information content (AvgIpc) is 2.39. The molecule has 0 unspecified atom stereocenters. The number of carboxylic acid groups (broad SMARTS) is 3. The van der Waals surface area contributed by atoms with Gasteiger partial charge in [-0.1, -0.05) is 0 Å². The van der Waals surface area contributed by atoms with E-state index in [4.69, 9.17) is 15.3 Å². The maximum atomic E-state index is 10.9. The second kappa shape index (κ2) is 7.73. The molecular formula is C13H16N2O6. The number of hydrogen-bond acceptors (Lipinski definition) is 5. The van der Waals surface area contributed by atoms with Crippen molar-refractivity contribution < 1.29 is 29.7 Å². The lowest BCUT2D eigenvalue weighted by molar-refractivity contribution is -0.144. The molecule has 21 heavy (non-hydrogen) atoms. The van der Waals surface area contributed by atoms with E-state index in [2.05, 4.69) is 10.6 Å². The van der Waals surface area contributed by atoms with Crippen molar-refractivity contribution in [1.82, 2.24) is 0 Å². The van der Waals surface area contributed by atoms with Crippen LogP contribution in [0, 0.1) is 0 Å². The molecule has 0 aliphatic heterocycles. The number of anilines is 2. The Kier molecular flexibility index (Phi) is 5.99. The van der Waals surface area contributed by atoms with Crippen LogP contribution in [0.3, 0.4) is 0 Å². The van der Waals surface area contributed by atoms with E-state index in [1.54, 1.807) is 24.3 Å². The Labute approximate surface area is 120 Å². The quantitative estimate of drug-likeness (QED) is 0.453. The first-order valence-corrected chi connectivity index (χ1v) is 6.15. The van der Waals surface area contributed by atoms with E-state index >= 15 is 0 Å². The first-order valence-electron chi connectivity index (χ1n) is 6.15. The normalized spacial score (nSPS) is 11.4. The molecule has 1 aromatic carbocycles. The van der Waals surface area contributed by atoms with E-state index in [9.17, 15) is 14.4 Å². The fourth-order valence-electron chi connectivity index (χ4n) is 1.57. The van der Waals surface area contributed by atoms with Gasteiger partial charge in [0.1, 0.15) is 6.04 Å². The highest BCUT2D eigenvalue weighted by Gasteiger charge is 2.20. The maximum Gasteiger partial charge on any atom is 0.326 e. The third kappa shape index (κ3) is 6.28. The third-order valence-electron chi connectivity index (χ3n) is 2.57. The Hall–Kier alpha value is -2.77. The molecule has 8 heteroatoms. The van der Waals surface area contributed by atoms with Gasteiger partial charge in [-0.15, -0.1) is 0 Å². The van der Waals surface area contributed by atoms with Crippen LogP contribution in [0.15, 0.2) is 24.3 Å². The predicted octanol–water partition coefficient (Wildman–Crippen LogP) is 0.913. The molecule has 114 valence electrons. The standard InChI is InChI=1S/C13H16N2O6/c16-11(17)5-6-14-8-1-3-9(4-2-8)15-10(13(20)21)7-12(18)19/h1-4,10,14-15H,5-7H2,(H,16,17)(H,18,19)(H,20,21)/t10-/m0/s1. The van der Waals surface area contributed by atoms with Crippen molar-refractivity contribution in [1.29, 1.82) is 0 Å². The molecule has 1 aromatic rings. The molecular weight excluding hydrogens is 280 g/mol. The lowest BCUT2D eigenvalue weighted by Gasteiger charge is -2.14. The van der Waals surface area contributed by atoms with Crippen LogP contribution < -0.4 is 10.6 Å². The minimum absolute atomic E-state index is 0.0142. The summed E-state index contributed by atoms with van der Waals surface area (Å²) in [7, 11) is 0. The monoisotopic (exact) mass is 296 g/mol. The van der Waals surface area contributed by atoms with Crippen molar-refractivity contribution in [3.05, 3.63) is 24.3 Å². The highest BCUT2D eigenvalue weighted by molar-refractivity contribution is 5.83. The van der Waals surface area contributed by atoms with E-state index in [0.717, 1.165) is 0 Å². The fourth-order valence-corrected chi connectivity index (χ4v) is 1.57. The summed E-state index contributed by atoms with van der Waals surface area (Å²) in [6.45, 7) is 0.277. The van der Waals surface area contributed by atoms with Crippen LogP contribution >= 0.6 is 0 Å². The van der Waals surface area contributed by atoms with Gasteiger partial charge in [0.15, 0.2) is 0 Å². The Morgan fingerprint density at radius 3 is 2.00 bits per heavy atom. The molecule has 0 fully saturated rings. The van der Waals surface area contributed by atoms with Crippen molar-refractivity contribution in [2.75, 3.05) is 17.2 Å². The van der Waals surface area contributed by atoms with E-state index < -0.39 is 30.4 Å². The Bertz CT molecular complexity index is 514. The zero-order chi connectivity index (χ0) is 15.8. The van der Waals surface area contributed by atoms with Crippen LogP contribution in [0.1, 0.15) is 12.8 Å². The van der Waals surface area contributed by atoms with Gasteiger partial charge in [0, 0.05) is 17.9 Å². The minimum atomic E-state index is -1.25. The molecule has 5 N–H and O–H groups in total. The number of rotatable bonds is 9. The number of hydrogen-bond donors (Lipinski definition) is 5. The number of benzene rings is 1. The van der Waals surface area contributed by atoms with Crippen LogP contribution in [0.2, 0.25) is 0 Å². The molecule has 8 nitrogen and oxygen atoms in total. The summed E-state index contributed by atoms with van der Waals surface area (Å²) in [5, 5.41) is 31.6. The number of carboxylic acids is 3. The van der Waals surface area contributed by atoms with Gasteiger partial charge in [-0.25, -0.2) is 4.79 Å². The summed E-state index contributed by atoms with van der Waals surface area (Å²) < 4.78 is 0. The van der Waals surface area contributed by atoms with Gasteiger partial charge in [-0.3, -0.25) is 9.59 Å². The summed E-state index contributed by atoms with van der Waals surface area (Å²) in [5.41, 5.74) is 1.15. The third-order valence-corrected chi connectivity index (χ3v) is 2.57. The first kappa shape index (κ1) is 16.3. The van der Waals surface area contributed by atoms with E-state index in [0.29, 0.717) is 11.4 Å². The van der Waals surface area contributed by atoms with E-state index in [-0.39, 0.29) is 13.0 Å². The van der Waals surface area contributed by atoms with Crippen molar-refractivity contribution in [3.63, 3.8) is 0 Å². The SMILES string of the molecule is O=C(O)CCNc1ccc(N[C@@H](CC(=O)O)C(=O)O)cc1. The fraction of sp³-hybridized carbons (Fsp3) is 0.308. The lowest BCUT2D eigenvalue weighted by Crippen LogP contribution is -2.31. The molecule has 0 aliphatic rings. The van der Waals surface area contributed by atoms with Gasteiger partial charge in [0.2, 0.25) is 0 Å². The summed E-state index contributed by atoms with van der Waals surface area (Å²) in [5.74, 6) is -3.36. The molecule has 0 aliphatic carbocycles. The summed E-state index contributed by atoms with van der Waals surface area (Å²) in [6, 6.07) is 5.24. The van der Waals surface area contributed by atoms with Crippen LogP contribution in [0.4, 0.5) is 11.4 Å². The lowest BCUT2D eigenvalue weighted by atomic mass is 10.2. The minimum Gasteiger partial charge on any atom is -0.481 e. The Balaban J connectivity index is 2.58. The molecule has 1 atom stereocenters. The van der Waals surface area contributed by atoms with Crippen LogP contribution in [-0.4, -0.2) is 45.8 Å². The molecule has 0 heterocycles. The second-order valence-corrected chi connectivity index (χ2v) is 4.28. The Morgan fingerprint density at radius 2 is 1.52 bits per heavy atom. The molecule has 0 bridgehead atoms. The van der Waals surface area contributed by atoms with Gasteiger partial charge in [-0.05, 0) is 24.3 Å². The van der Waals surface area contributed by atoms with Crippen molar-refractivity contribution >= 4 is 29.3 Å². The van der Waals surface area contributed by atoms with Crippen LogP contribution in [-0.2, 0) is 14.4 Å². The summed E-state index contributed by atoms with van der Waals surface area (Å²) in [4.78, 5) is 31.9. The molecule has 0 spiro atoms. The van der Waals surface area contributed by atoms with E-state index in [1.165, 1.54) is 0 Å². The van der Waals surface area contributed by atoms with Crippen LogP contribution in [0.5, 0.6) is 0 Å². The number of aliphatic carboxylic acids is 3. The molecule has 0 amide bonds. The highest BCUT2D eigenvalue weighted by atomic mass is 16.4. The summed E-state index contributed by atoms with van der Waals surface area (Å²) >= 11 is 0. The van der Waals surface area contributed by atoms with E-state index in [1.807, 2.05) is 0 Å². The largest absolute Gasteiger partial charge is 0.481 e. The van der Waals surface area contributed by atoms with Gasteiger partial charge in [0.05, 0.1) is 12.8 Å². The first-order chi connectivity index (χ1) is 9.88. The molecule has 0 radical (unpaired) electrons. The molecule has 1 rings (SSSR count). The average molecular weight is 296 g/mol. The number of nitrogens with one attached hydrogen (secondary N) is 2. The Morgan fingerprint density at radius 1 is 0.952 bits per heavy atom. The van der Waals surface area contributed by atoms with Crippen molar-refractivity contribution in [2.45, 2.75) is 18.9 Å². The summed E-state index contributed by atoms with van der Waals surface area (Å²) in [6.07, 6.45) is -0.548. The smallest absolute Gasteiger partial charge is 0.326 e. The molecule has 0 saturated heterocycles. The van der Waals surface area contributed by atoms with Crippen molar-refractivity contribution in [2.24, 2.45) is 0 Å². The van der Waals surface area contributed by atoms with Gasteiger partial charge in [-0.2, -0.15) is 0 Å². The van der Waals surface area contributed by atoms with Crippen LogP contribution in [0.25, 0.3) is 0 Å². The van der Waals surface area contributed by atoms with Gasteiger partial charge in [0.25, 0.3) is 0 Å². The van der Waals surface area contributed by atoms with Crippen molar-refractivity contribution in [3.8, 4) is 0 Å². The molecule has 0 aromatic heterocycles. The number of carbonyl (C=O) groups is 3. The molecule has 0 saturated carbocycles. The maximum absolute atomic E-state index is 10.9. The zero-order valence-electron chi connectivity index (χ0n) is 11.1. The van der Waals surface area contributed by atoms with Gasteiger partial charge >= 0.3 is 17.9 Å². The highest BCUT2D eigenvalue weighted by Crippen LogP contribution is 2.15. The zero-order valence-corrected chi connectivity index (χ0v) is 11.1. The van der Waals surface area contributed by atoms with Gasteiger partial charge < -0.3 is 26.0 Å². The topological polar surface area (TPSA) is 136 Å².